The Balaban J connectivity index is 2.02. The average molecular weight is 282 g/mol. The van der Waals surface area contributed by atoms with Crippen molar-refractivity contribution in [3.63, 3.8) is 0 Å². The van der Waals surface area contributed by atoms with E-state index in [1.165, 1.54) is 6.20 Å². The van der Waals surface area contributed by atoms with Crippen LogP contribution in [0, 0.1) is 0 Å². The Hall–Kier alpha value is -1.28. The van der Waals surface area contributed by atoms with Crippen LogP contribution in [0.5, 0.6) is 0 Å². The SMILES string of the molecule is C[C@@H]1COC[C@@](CO)(CNc2cnc(CO)cn2)N1C. The highest BCUT2D eigenvalue weighted by Gasteiger charge is 2.40. The third-order valence-electron chi connectivity index (χ3n) is 3.90. The molecule has 112 valence electrons. The lowest BCUT2D eigenvalue weighted by molar-refractivity contribution is -0.101. The molecular weight excluding hydrogens is 260 g/mol. The van der Waals surface area contributed by atoms with Crippen molar-refractivity contribution in [2.24, 2.45) is 0 Å². The van der Waals surface area contributed by atoms with Gasteiger partial charge in [0.25, 0.3) is 0 Å². The number of nitrogens with zero attached hydrogens (tertiary/aromatic N) is 3. The van der Waals surface area contributed by atoms with E-state index in [2.05, 4.69) is 27.1 Å². The summed E-state index contributed by atoms with van der Waals surface area (Å²) in [5.74, 6) is 0.613. The van der Waals surface area contributed by atoms with Crippen molar-refractivity contribution in [2.75, 3.05) is 38.7 Å². The molecule has 2 heterocycles. The van der Waals surface area contributed by atoms with Crippen molar-refractivity contribution < 1.29 is 14.9 Å². The van der Waals surface area contributed by atoms with Gasteiger partial charge in [0.05, 0.1) is 50.1 Å². The number of morpholine rings is 1. The maximum Gasteiger partial charge on any atom is 0.144 e. The van der Waals surface area contributed by atoms with Gasteiger partial charge in [-0.1, -0.05) is 0 Å². The molecule has 1 fully saturated rings. The monoisotopic (exact) mass is 282 g/mol. The van der Waals surface area contributed by atoms with E-state index >= 15 is 0 Å². The highest BCUT2D eigenvalue weighted by molar-refractivity contribution is 5.32. The highest BCUT2D eigenvalue weighted by Crippen LogP contribution is 2.22. The fourth-order valence-electron chi connectivity index (χ4n) is 2.27. The second kappa shape index (κ2) is 6.45. The zero-order valence-corrected chi connectivity index (χ0v) is 11.9. The van der Waals surface area contributed by atoms with E-state index in [1.807, 2.05) is 7.05 Å². The van der Waals surface area contributed by atoms with Gasteiger partial charge in [0.15, 0.2) is 0 Å². The van der Waals surface area contributed by atoms with E-state index in [-0.39, 0.29) is 19.3 Å². The molecule has 0 bridgehead atoms. The molecule has 0 spiro atoms. The lowest BCUT2D eigenvalue weighted by Crippen LogP contribution is -2.64. The fourth-order valence-corrected chi connectivity index (χ4v) is 2.27. The molecule has 1 saturated heterocycles. The van der Waals surface area contributed by atoms with Crippen molar-refractivity contribution in [1.82, 2.24) is 14.9 Å². The van der Waals surface area contributed by atoms with Gasteiger partial charge in [-0.2, -0.15) is 0 Å². The topological polar surface area (TPSA) is 90.7 Å². The third kappa shape index (κ3) is 3.06. The second-order valence-electron chi connectivity index (χ2n) is 5.26. The van der Waals surface area contributed by atoms with Gasteiger partial charge in [0.2, 0.25) is 0 Å². The van der Waals surface area contributed by atoms with Gasteiger partial charge in [-0.25, -0.2) is 4.98 Å². The summed E-state index contributed by atoms with van der Waals surface area (Å²) in [6.07, 6.45) is 3.10. The highest BCUT2D eigenvalue weighted by atomic mass is 16.5. The Morgan fingerprint density at radius 1 is 1.45 bits per heavy atom. The Morgan fingerprint density at radius 2 is 2.25 bits per heavy atom. The number of nitrogens with one attached hydrogen (secondary N) is 1. The van der Waals surface area contributed by atoms with E-state index in [4.69, 9.17) is 9.84 Å². The normalized spacial score (nSPS) is 27.5. The van der Waals surface area contributed by atoms with Crippen LogP contribution < -0.4 is 5.32 Å². The molecule has 2 rings (SSSR count). The maximum atomic E-state index is 9.76. The molecule has 1 aromatic rings. The predicted octanol–water partition coefficient (Wildman–Crippen LogP) is -0.538. The molecule has 0 aliphatic carbocycles. The van der Waals surface area contributed by atoms with Crippen LogP contribution in [0.15, 0.2) is 12.4 Å². The van der Waals surface area contributed by atoms with Gasteiger partial charge in [-0.3, -0.25) is 9.88 Å². The van der Waals surface area contributed by atoms with Gasteiger partial charge in [0.1, 0.15) is 5.82 Å². The number of hydrogen-bond acceptors (Lipinski definition) is 7. The minimum absolute atomic E-state index is 0.00297. The maximum absolute atomic E-state index is 9.76. The zero-order chi connectivity index (χ0) is 14.6. The first-order valence-corrected chi connectivity index (χ1v) is 6.68. The predicted molar refractivity (Wildman–Crippen MR) is 74.3 cm³/mol. The van der Waals surface area contributed by atoms with Crippen LogP contribution >= 0.6 is 0 Å². The average Bonchev–Trinajstić information content (AvgIpc) is 2.49. The van der Waals surface area contributed by atoms with Crippen molar-refractivity contribution in [1.29, 1.82) is 0 Å². The van der Waals surface area contributed by atoms with E-state index in [1.54, 1.807) is 6.20 Å². The molecule has 0 saturated carbocycles. The summed E-state index contributed by atoms with van der Waals surface area (Å²) in [5.41, 5.74) is 0.0637. The van der Waals surface area contributed by atoms with E-state index < -0.39 is 5.54 Å². The first-order chi connectivity index (χ1) is 9.61. The molecule has 3 N–H and O–H groups in total. The summed E-state index contributed by atoms with van der Waals surface area (Å²) in [4.78, 5) is 10.4. The Morgan fingerprint density at radius 3 is 2.85 bits per heavy atom. The third-order valence-corrected chi connectivity index (χ3v) is 3.90. The number of likely N-dealkylation sites (N-methyl/N-ethyl adjacent to an activating group) is 1. The van der Waals surface area contributed by atoms with Crippen LogP contribution in [0.4, 0.5) is 5.82 Å². The number of hydrogen-bond donors (Lipinski definition) is 3. The number of ether oxygens (including phenoxy) is 1. The summed E-state index contributed by atoms with van der Waals surface area (Å²) in [6.45, 7) is 3.60. The minimum Gasteiger partial charge on any atom is -0.394 e. The van der Waals surface area contributed by atoms with Gasteiger partial charge in [-0.05, 0) is 14.0 Å². The van der Waals surface area contributed by atoms with E-state index in [0.29, 0.717) is 31.3 Å². The Kier molecular flexibility index (Phi) is 4.87. The van der Waals surface area contributed by atoms with E-state index in [9.17, 15) is 5.11 Å². The molecule has 0 radical (unpaired) electrons. The van der Waals surface area contributed by atoms with E-state index in [0.717, 1.165) is 0 Å². The zero-order valence-electron chi connectivity index (χ0n) is 11.9. The molecule has 0 unspecified atom stereocenters. The summed E-state index contributed by atoms with van der Waals surface area (Å²) in [6, 6.07) is 0.251. The smallest absolute Gasteiger partial charge is 0.144 e. The number of rotatable bonds is 5. The molecule has 0 aromatic carbocycles. The molecule has 1 aliphatic heterocycles. The molecule has 7 nitrogen and oxygen atoms in total. The van der Waals surface area contributed by atoms with Crippen molar-refractivity contribution in [3.8, 4) is 0 Å². The summed E-state index contributed by atoms with van der Waals surface area (Å²) in [5, 5.41) is 21.9. The first-order valence-electron chi connectivity index (χ1n) is 6.68. The lowest BCUT2D eigenvalue weighted by atomic mass is 9.96. The van der Waals surface area contributed by atoms with Crippen LogP contribution in [0.25, 0.3) is 0 Å². The molecule has 2 atom stereocenters. The molecular formula is C13H22N4O3. The van der Waals surface area contributed by atoms with Crippen LogP contribution in [0.2, 0.25) is 0 Å². The minimum atomic E-state index is -0.463. The summed E-state index contributed by atoms with van der Waals surface area (Å²) in [7, 11) is 1.99. The number of aliphatic hydroxyl groups is 2. The van der Waals surface area contributed by atoms with Crippen molar-refractivity contribution >= 4 is 5.82 Å². The molecule has 7 heteroatoms. The molecule has 20 heavy (non-hydrogen) atoms. The van der Waals surface area contributed by atoms with Crippen LogP contribution in [0.1, 0.15) is 12.6 Å². The molecule has 0 amide bonds. The van der Waals surface area contributed by atoms with Crippen molar-refractivity contribution in [3.05, 3.63) is 18.1 Å². The van der Waals surface area contributed by atoms with Gasteiger partial charge >= 0.3 is 0 Å². The number of anilines is 1. The van der Waals surface area contributed by atoms with Crippen LogP contribution in [-0.2, 0) is 11.3 Å². The van der Waals surface area contributed by atoms with Crippen molar-refractivity contribution in [2.45, 2.75) is 25.1 Å². The Bertz CT molecular complexity index is 428. The largest absolute Gasteiger partial charge is 0.394 e. The van der Waals surface area contributed by atoms with Crippen LogP contribution in [-0.4, -0.2) is 70.1 Å². The summed E-state index contributed by atoms with van der Waals surface area (Å²) >= 11 is 0. The fraction of sp³-hybridized carbons (Fsp3) is 0.692. The number of aliphatic hydroxyl groups excluding tert-OH is 2. The Labute approximate surface area is 118 Å². The quantitative estimate of drug-likeness (QED) is 0.668. The van der Waals surface area contributed by atoms with Gasteiger partial charge in [-0.15, -0.1) is 0 Å². The standard InChI is InChI=1S/C13H22N4O3/c1-10-6-20-9-13(8-19,17(10)2)7-16-12-4-14-11(5-18)3-15-12/h3-4,10,18-19H,5-9H2,1-2H3,(H,15,16)/t10-,13+/m1/s1. The second-order valence-corrected chi connectivity index (χ2v) is 5.26. The van der Waals surface area contributed by atoms with Crippen LogP contribution in [0.3, 0.4) is 0 Å². The molecule has 1 aliphatic rings. The lowest BCUT2D eigenvalue weighted by Gasteiger charge is -2.47. The first kappa shape index (κ1) is 15.1. The number of aromatic nitrogens is 2. The molecule has 1 aromatic heterocycles. The van der Waals surface area contributed by atoms with Gasteiger partial charge < -0.3 is 20.3 Å². The van der Waals surface area contributed by atoms with Gasteiger partial charge in [0, 0.05) is 12.6 Å². The summed E-state index contributed by atoms with van der Waals surface area (Å²) < 4.78 is 5.57.